The summed E-state index contributed by atoms with van der Waals surface area (Å²) >= 11 is 6.55. The molecule has 3 heterocycles. The van der Waals surface area contributed by atoms with E-state index in [1.807, 2.05) is 42.6 Å². The van der Waals surface area contributed by atoms with Crippen LogP contribution in [0.2, 0.25) is 5.02 Å². The number of H-pyrrole nitrogens is 1. The van der Waals surface area contributed by atoms with Gasteiger partial charge in [-0.25, -0.2) is 9.97 Å². The van der Waals surface area contributed by atoms with Crippen molar-refractivity contribution in [1.29, 1.82) is 0 Å². The number of nitrogens with one attached hydrogen (secondary N) is 2. The van der Waals surface area contributed by atoms with Crippen LogP contribution >= 0.6 is 11.6 Å². The topological polar surface area (TPSA) is 56.8 Å². The molecule has 0 radical (unpaired) electrons. The molecule has 5 rings (SSSR count). The van der Waals surface area contributed by atoms with Gasteiger partial charge in [0.25, 0.3) is 0 Å². The molecule has 4 aromatic rings. The molecule has 0 spiro atoms. The van der Waals surface area contributed by atoms with E-state index in [9.17, 15) is 0 Å². The SMILES string of the molecule is C=C1c2c(Cl)cccc2C=C([C@H](C)Nc2ncnc3[nH]ccc23)N1c1ccccc1. The van der Waals surface area contributed by atoms with Crippen LogP contribution in [-0.2, 0) is 0 Å². The molecular weight excluding hydrogens is 394 g/mol. The first-order valence-electron chi connectivity index (χ1n) is 9.72. The molecule has 0 amide bonds. The van der Waals surface area contributed by atoms with Crippen LogP contribution < -0.4 is 10.2 Å². The maximum Gasteiger partial charge on any atom is 0.142 e. The lowest BCUT2D eigenvalue weighted by Gasteiger charge is -2.37. The summed E-state index contributed by atoms with van der Waals surface area (Å²) in [5, 5.41) is 5.20. The standard InChI is InChI=1S/C24H20ClN5/c1-15(29-24-19-11-12-26-23(19)27-14-28-24)21-13-17-7-6-10-20(25)22(17)16(2)30(21)18-8-4-3-5-9-18/h3-15H,2H2,1H3,(H2,26,27,28,29)/t15-/m0/s1. The first-order valence-corrected chi connectivity index (χ1v) is 10.1. The van der Waals surface area contributed by atoms with E-state index in [-0.39, 0.29) is 6.04 Å². The number of rotatable bonds is 4. The fourth-order valence-electron chi connectivity index (χ4n) is 3.92. The van der Waals surface area contributed by atoms with Crippen LogP contribution in [0.4, 0.5) is 11.5 Å². The maximum absolute atomic E-state index is 6.55. The molecule has 0 aliphatic carbocycles. The van der Waals surface area contributed by atoms with Gasteiger partial charge in [0.2, 0.25) is 0 Å². The first kappa shape index (κ1) is 18.5. The highest BCUT2D eigenvalue weighted by Crippen LogP contribution is 2.41. The first-order chi connectivity index (χ1) is 14.6. The Balaban J connectivity index is 1.61. The molecule has 1 aliphatic heterocycles. The molecule has 0 unspecified atom stereocenters. The van der Waals surface area contributed by atoms with Gasteiger partial charge in [0.05, 0.1) is 16.5 Å². The van der Waals surface area contributed by atoms with Crippen LogP contribution in [0.3, 0.4) is 0 Å². The van der Waals surface area contributed by atoms with E-state index < -0.39 is 0 Å². The van der Waals surface area contributed by atoms with Gasteiger partial charge in [0.1, 0.15) is 17.8 Å². The van der Waals surface area contributed by atoms with Crippen LogP contribution in [0.25, 0.3) is 22.8 Å². The van der Waals surface area contributed by atoms with Crippen LogP contribution in [0, 0.1) is 0 Å². The number of anilines is 2. The smallest absolute Gasteiger partial charge is 0.142 e. The Morgan fingerprint density at radius 3 is 2.73 bits per heavy atom. The number of nitrogens with zero attached hydrogens (tertiary/aromatic N) is 3. The second-order valence-corrected chi connectivity index (χ2v) is 7.63. The van der Waals surface area contributed by atoms with E-state index in [1.165, 1.54) is 0 Å². The van der Waals surface area contributed by atoms with Gasteiger partial charge in [-0.3, -0.25) is 0 Å². The Morgan fingerprint density at radius 1 is 1.07 bits per heavy atom. The van der Waals surface area contributed by atoms with Gasteiger partial charge in [0.15, 0.2) is 0 Å². The van der Waals surface area contributed by atoms with Crippen molar-refractivity contribution in [2.45, 2.75) is 13.0 Å². The predicted octanol–water partition coefficient (Wildman–Crippen LogP) is 5.94. The Labute approximate surface area is 179 Å². The Hall–Kier alpha value is -3.57. The van der Waals surface area contributed by atoms with E-state index in [1.54, 1.807) is 6.33 Å². The van der Waals surface area contributed by atoms with Gasteiger partial charge in [-0.1, -0.05) is 48.5 Å². The van der Waals surface area contributed by atoms with E-state index in [4.69, 9.17) is 11.6 Å². The third-order valence-electron chi connectivity index (χ3n) is 5.33. The fourth-order valence-corrected chi connectivity index (χ4v) is 4.22. The highest BCUT2D eigenvalue weighted by Gasteiger charge is 2.28. The number of para-hydroxylation sites is 1. The summed E-state index contributed by atoms with van der Waals surface area (Å²) < 4.78 is 0. The quantitative estimate of drug-likeness (QED) is 0.434. The molecule has 2 aromatic heterocycles. The number of halogens is 1. The van der Waals surface area contributed by atoms with Crippen molar-refractivity contribution in [3.8, 4) is 0 Å². The largest absolute Gasteiger partial charge is 0.361 e. The summed E-state index contributed by atoms with van der Waals surface area (Å²) in [6.07, 6.45) is 5.59. The Kier molecular flexibility index (Phi) is 4.52. The summed E-state index contributed by atoms with van der Waals surface area (Å²) in [4.78, 5) is 14.0. The molecule has 1 aliphatic rings. The van der Waals surface area contributed by atoms with Crippen LogP contribution in [-0.4, -0.2) is 21.0 Å². The summed E-state index contributed by atoms with van der Waals surface area (Å²) in [6, 6.07) is 18.0. The minimum Gasteiger partial charge on any atom is -0.361 e. The zero-order chi connectivity index (χ0) is 20.7. The van der Waals surface area contributed by atoms with Gasteiger partial charge in [-0.2, -0.15) is 0 Å². The van der Waals surface area contributed by atoms with Crippen molar-refractivity contribution < 1.29 is 0 Å². The summed E-state index contributed by atoms with van der Waals surface area (Å²) in [6.45, 7) is 6.51. The normalized spacial score (nSPS) is 14.4. The average molecular weight is 414 g/mol. The highest BCUT2D eigenvalue weighted by atomic mass is 35.5. The van der Waals surface area contributed by atoms with Crippen LogP contribution in [0.15, 0.2) is 79.4 Å². The molecule has 1 atom stereocenters. The molecule has 30 heavy (non-hydrogen) atoms. The van der Waals surface area contributed by atoms with Gasteiger partial charge in [-0.15, -0.1) is 0 Å². The number of aromatic amines is 1. The zero-order valence-electron chi connectivity index (χ0n) is 16.4. The number of benzene rings is 2. The highest BCUT2D eigenvalue weighted by molar-refractivity contribution is 6.33. The number of hydrogen-bond acceptors (Lipinski definition) is 4. The van der Waals surface area contributed by atoms with Crippen molar-refractivity contribution in [3.05, 3.63) is 95.5 Å². The molecule has 0 saturated heterocycles. The maximum atomic E-state index is 6.55. The monoisotopic (exact) mass is 413 g/mol. The molecule has 2 aromatic carbocycles. The summed E-state index contributed by atoms with van der Waals surface area (Å²) in [5.74, 6) is 0.783. The minimum atomic E-state index is -0.0536. The third-order valence-corrected chi connectivity index (χ3v) is 5.65. The van der Waals surface area contributed by atoms with Crippen molar-refractivity contribution in [2.75, 3.05) is 10.2 Å². The number of aromatic nitrogens is 3. The van der Waals surface area contributed by atoms with Gasteiger partial charge in [-0.05, 0) is 42.8 Å². The Morgan fingerprint density at radius 2 is 1.90 bits per heavy atom. The van der Waals surface area contributed by atoms with Crippen molar-refractivity contribution >= 4 is 45.9 Å². The molecule has 148 valence electrons. The van der Waals surface area contributed by atoms with E-state index in [0.717, 1.165) is 45.1 Å². The van der Waals surface area contributed by atoms with Crippen molar-refractivity contribution in [1.82, 2.24) is 15.0 Å². The minimum absolute atomic E-state index is 0.0536. The molecule has 0 saturated carbocycles. The zero-order valence-corrected chi connectivity index (χ0v) is 17.2. The van der Waals surface area contributed by atoms with Gasteiger partial charge in [0, 0.05) is 28.8 Å². The molecule has 5 nitrogen and oxygen atoms in total. The fraction of sp³-hybridized carbons (Fsp3) is 0.0833. The average Bonchev–Trinajstić information content (AvgIpc) is 3.24. The van der Waals surface area contributed by atoms with Gasteiger partial charge >= 0.3 is 0 Å². The van der Waals surface area contributed by atoms with Crippen LogP contribution in [0.5, 0.6) is 0 Å². The Bertz CT molecular complexity index is 1280. The molecule has 0 bridgehead atoms. The third kappa shape index (κ3) is 3.04. The van der Waals surface area contributed by atoms with Crippen molar-refractivity contribution in [3.63, 3.8) is 0 Å². The van der Waals surface area contributed by atoms with Crippen LogP contribution in [0.1, 0.15) is 18.1 Å². The lowest BCUT2D eigenvalue weighted by molar-refractivity contribution is 0.884. The molecule has 2 N–H and O–H groups in total. The molecule has 6 heteroatoms. The van der Waals surface area contributed by atoms with E-state index in [2.05, 4.69) is 62.9 Å². The second kappa shape index (κ2) is 7.35. The summed E-state index contributed by atoms with van der Waals surface area (Å²) in [5.41, 5.74) is 5.75. The molecular formula is C24H20ClN5. The summed E-state index contributed by atoms with van der Waals surface area (Å²) in [7, 11) is 0. The lowest BCUT2D eigenvalue weighted by Crippen LogP contribution is -2.34. The number of fused-ring (bicyclic) bond motifs is 2. The number of hydrogen-bond donors (Lipinski definition) is 2. The molecule has 0 fully saturated rings. The predicted molar refractivity (Wildman–Crippen MR) is 124 cm³/mol. The van der Waals surface area contributed by atoms with Crippen molar-refractivity contribution in [2.24, 2.45) is 0 Å². The second-order valence-electron chi connectivity index (χ2n) is 7.22. The van der Waals surface area contributed by atoms with E-state index >= 15 is 0 Å². The van der Waals surface area contributed by atoms with Gasteiger partial charge < -0.3 is 15.2 Å². The van der Waals surface area contributed by atoms with E-state index in [0.29, 0.717) is 5.02 Å². The lowest BCUT2D eigenvalue weighted by atomic mass is 9.95.